The lowest BCUT2D eigenvalue weighted by Gasteiger charge is -2.12. The second-order valence-corrected chi connectivity index (χ2v) is 5.07. The van der Waals surface area contributed by atoms with Crippen molar-refractivity contribution in [1.82, 2.24) is 0 Å². The highest BCUT2D eigenvalue weighted by molar-refractivity contribution is 6.32. The van der Waals surface area contributed by atoms with Crippen molar-refractivity contribution in [2.45, 2.75) is 12.5 Å². The van der Waals surface area contributed by atoms with E-state index in [0.29, 0.717) is 16.3 Å². The Hall–Kier alpha value is -2.38. The van der Waals surface area contributed by atoms with Crippen LogP contribution in [-0.4, -0.2) is 10.8 Å². The van der Waals surface area contributed by atoms with Crippen LogP contribution < -0.4 is 11.1 Å². The van der Waals surface area contributed by atoms with E-state index in [1.54, 1.807) is 12.1 Å². The average molecular weight is 308 g/mol. The van der Waals surface area contributed by atoms with Gasteiger partial charge in [0, 0.05) is 10.7 Å². The van der Waals surface area contributed by atoms with Gasteiger partial charge >= 0.3 is 5.88 Å². The van der Waals surface area contributed by atoms with E-state index in [9.17, 15) is 14.9 Å². The number of nitrogens with one attached hydrogen (secondary N) is 1. The first-order chi connectivity index (χ1) is 9.95. The smallest absolute Gasteiger partial charge is 0.404 e. The van der Waals surface area contributed by atoms with Gasteiger partial charge in [-0.05, 0) is 29.3 Å². The molecule has 7 nitrogen and oxygen atoms in total. The standard InChI is InChI=1S/C13H10ClN3O4/c14-8-5-9-6(4-11(18)16-9)3-7(8)13(15)10-1-2-12(21-10)17(19)20/h1-3,5,13H,4,15H2,(H,16,18). The lowest BCUT2D eigenvalue weighted by Crippen LogP contribution is -2.12. The third kappa shape index (κ3) is 2.37. The summed E-state index contributed by atoms with van der Waals surface area (Å²) in [6.07, 6.45) is 0.254. The van der Waals surface area contributed by atoms with Crippen LogP contribution in [0.4, 0.5) is 11.6 Å². The zero-order valence-electron chi connectivity index (χ0n) is 10.6. The largest absolute Gasteiger partial charge is 0.433 e. The monoisotopic (exact) mass is 307 g/mol. The molecule has 1 atom stereocenters. The number of furan rings is 1. The van der Waals surface area contributed by atoms with Gasteiger partial charge in [-0.3, -0.25) is 14.9 Å². The SMILES string of the molecule is NC(c1ccc([N+](=O)[O-])o1)c1cc2c(cc1Cl)NC(=O)C2. The van der Waals surface area contributed by atoms with Gasteiger partial charge in [-0.15, -0.1) is 0 Å². The molecule has 1 aromatic heterocycles. The summed E-state index contributed by atoms with van der Waals surface area (Å²) in [5.74, 6) is -0.254. The third-order valence-electron chi connectivity index (χ3n) is 3.28. The van der Waals surface area contributed by atoms with Gasteiger partial charge in [-0.25, -0.2) is 0 Å². The Morgan fingerprint density at radius 3 is 2.86 bits per heavy atom. The fourth-order valence-corrected chi connectivity index (χ4v) is 2.55. The second kappa shape index (κ2) is 4.87. The average Bonchev–Trinajstić information content (AvgIpc) is 3.02. The predicted molar refractivity (Wildman–Crippen MR) is 75.2 cm³/mol. The molecule has 21 heavy (non-hydrogen) atoms. The number of benzene rings is 1. The molecule has 2 aromatic rings. The molecule has 0 radical (unpaired) electrons. The minimum Gasteiger partial charge on any atom is -0.404 e. The van der Waals surface area contributed by atoms with Crippen LogP contribution in [0.2, 0.25) is 5.02 Å². The fourth-order valence-electron chi connectivity index (χ4n) is 2.27. The number of hydrogen-bond donors (Lipinski definition) is 2. The molecule has 0 saturated heterocycles. The summed E-state index contributed by atoms with van der Waals surface area (Å²) in [5, 5.41) is 13.7. The van der Waals surface area contributed by atoms with E-state index in [1.807, 2.05) is 0 Å². The number of nitro groups is 1. The number of fused-ring (bicyclic) bond motifs is 1. The molecule has 1 aromatic carbocycles. The van der Waals surface area contributed by atoms with Crippen LogP contribution >= 0.6 is 11.6 Å². The third-order valence-corrected chi connectivity index (χ3v) is 3.61. The van der Waals surface area contributed by atoms with E-state index >= 15 is 0 Å². The van der Waals surface area contributed by atoms with Gasteiger partial charge in [0.05, 0.1) is 18.5 Å². The normalized spacial score (nSPS) is 14.7. The number of anilines is 1. The Kier molecular flexibility index (Phi) is 3.15. The minimum absolute atomic E-state index is 0.111. The fraction of sp³-hybridized carbons (Fsp3) is 0.154. The molecule has 1 unspecified atom stereocenters. The molecule has 0 aliphatic carbocycles. The number of nitrogens with zero attached hydrogens (tertiary/aromatic N) is 1. The molecular formula is C13H10ClN3O4. The molecule has 0 fully saturated rings. The van der Waals surface area contributed by atoms with E-state index in [4.69, 9.17) is 21.8 Å². The van der Waals surface area contributed by atoms with Crippen LogP contribution in [0, 0.1) is 10.1 Å². The van der Waals surface area contributed by atoms with Gasteiger partial charge in [0.2, 0.25) is 5.91 Å². The summed E-state index contributed by atoms with van der Waals surface area (Å²) >= 11 is 6.16. The first-order valence-corrected chi connectivity index (χ1v) is 6.45. The maximum absolute atomic E-state index is 11.4. The first-order valence-electron chi connectivity index (χ1n) is 6.07. The zero-order chi connectivity index (χ0) is 15.1. The maximum atomic E-state index is 11.4. The van der Waals surface area contributed by atoms with E-state index < -0.39 is 11.0 Å². The van der Waals surface area contributed by atoms with Crippen molar-refractivity contribution in [3.05, 3.63) is 56.3 Å². The second-order valence-electron chi connectivity index (χ2n) is 4.67. The molecule has 1 amide bonds. The molecule has 1 aliphatic rings. The van der Waals surface area contributed by atoms with Crippen LogP contribution in [0.25, 0.3) is 0 Å². The Bertz CT molecular complexity index is 756. The van der Waals surface area contributed by atoms with Crippen LogP contribution in [0.1, 0.15) is 22.9 Å². The van der Waals surface area contributed by atoms with Gasteiger partial charge in [-0.2, -0.15) is 0 Å². The highest BCUT2D eigenvalue weighted by Gasteiger charge is 2.24. The number of carbonyl (C=O) groups excluding carboxylic acids is 1. The quantitative estimate of drug-likeness (QED) is 0.668. The number of halogens is 1. The first kappa shape index (κ1) is 13.6. The number of amides is 1. The molecule has 108 valence electrons. The van der Waals surface area contributed by atoms with Crippen molar-refractivity contribution in [3.63, 3.8) is 0 Å². The Balaban J connectivity index is 1.98. The summed E-state index contributed by atoms with van der Waals surface area (Å²) in [5.41, 5.74) is 8.05. The van der Waals surface area contributed by atoms with Gasteiger partial charge in [0.15, 0.2) is 0 Å². The molecule has 0 spiro atoms. The minimum atomic E-state index is -0.743. The Labute approximate surface area is 123 Å². The van der Waals surface area contributed by atoms with Gasteiger partial charge in [0.1, 0.15) is 10.7 Å². The lowest BCUT2D eigenvalue weighted by atomic mass is 10.0. The van der Waals surface area contributed by atoms with Crippen molar-refractivity contribution in [1.29, 1.82) is 0 Å². The molecule has 3 N–H and O–H groups in total. The van der Waals surface area contributed by atoms with Crippen molar-refractivity contribution < 1.29 is 14.1 Å². The van der Waals surface area contributed by atoms with Crippen molar-refractivity contribution in [2.75, 3.05) is 5.32 Å². The topological polar surface area (TPSA) is 111 Å². The molecule has 1 aliphatic heterocycles. The van der Waals surface area contributed by atoms with Crippen LogP contribution in [0.5, 0.6) is 0 Å². The van der Waals surface area contributed by atoms with Crippen LogP contribution in [0.15, 0.2) is 28.7 Å². The zero-order valence-corrected chi connectivity index (χ0v) is 11.4. The summed E-state index contributed by atoms with van der Waals surface area (Å²) in [4.78, 5) is 21.4. The Morgan fingerprint density at radius 1 is 1.43 bits per heavy atom. The van der Waals surface area contributed by atoms with Crippen molar-refractivity contribution in [2.24, 2.45) is 5.73 Å². The summed E-state index contributed by atoms with van der Waals surface area (Å²) in [6.45, 7) is 0. The van der Waals surface area contributed by atoms with Crippen molar-refractivity contribution in [3.8, 4) is 0 Å². The predicted octanol–water partition coefficient (Wildman–Crippen LogP) is 2.38. The number of rotatable bonds is 3. The summed E-state index contributed by atoms with van der Waals surface area (Å²) in [7, 11) is 0. The van der Waals surface area contributed by atoms with E-state index in [0.717, 1.165) is 5.56 Å². The highest BCUT2D eigenvalue weighted by atomic mass is 35.5. The van der Waals surface area contributed by atoms with Gasteiger partial charge in [0.25, 0.3) is 0 Å². The highest BCUT2D eigenvalue weighted by Crippen LogP contribution is 2.35. The molecular weight excluding hydrogens is 298 g/mol. The lowest BCUT2D eigenvalue weighted by molar-refractivity contribution is -0.402. The Morgan fingerprint density at radius 2 is 2.19 bits per heavy atom. The number of nitrogens with two attached hydrogens (primary N) is 1. The molecule has 8 heteroatoms. The van der Waals surface area contributed by atoms with E-state index in [1.165, 1.54) is 12.1 Å². The molecule has 3 rings (SSSR count). The summed E-state index contributed by atoms with van der Waals surface area (Å²) < 4.78 is 5.09. The maximum Gasteiger partial charge on any atom is 0.433 e. The van der Waals surface area contributed by atoms with Crippen molar-refractivity contribution >= 4 is 29.1 Å². The van der Waals surface area contributed by atoms with E-state index in [-0.39, 0.29) is 24.0 Å². The molecule has 0 saturated carbocycles. The van der Waals surface area contributed by atoms with E-state index in [2.05, 4.69) is 5.32 Å². The molecule has 0 bridgehead atoms. The summed E-state index contributed by atoms with van der Waals surface area (Å²) in [6, 6.07) is 5.27. The van der Waals surface area contributed by atoms with Gasteiger partial charge < -0.3 is 15.5 Å². The number of hydrogen-bond acceptors (Lipinski definition) is 5. The van der Waals surface area contributed by atoms with Crippen LogP contribution in [0.3, 0.4) is 0 Å². The van der Waals surface area contributed by atoms with Gasteiger partial charge in [-0.1, -0.05) is 11.6 Å². The van der Waals surface area contributed by atoms with Crippen LogP contribution in [-0.2, 0) is 11.2 Å². The molecule has 2 heterocycles. The number of carbonyl (C=O) groups is 1.